The van der Waals surface area contributed by atoms with E-state index in [0.29, 0.717) is 10.7 Å². The van der Waals surface area contributed by atoms with Crippen molar-refractivity contribution < 1.29 is 24.2 Å². The van der Waals surface area contributed by atoms with E-state index < -0.39 is 29.3 Å². The fourth-order valence-corrected chi connectivity index (χ4v) is 5.43. The predicted molar refractivity (Wildman–Crippen MR) is 128 cm³/mol. The highest BCUT2D eigenvalue weighted by molar-refractivity contribution is 7.22. The van der Waals surface area contributed by atoms with E-state index in [4.69, 9.17) is 0 Å². The summed E-state index contributed by atoms with van der Waals surface area (Å²) in [7, 11) is 0. The first-order valence-electron chi connectivity index (χ1n) is 10.5. The van der Waals surface area contributed by atoms with E-state index in [1.807, 2.05) is 26.0 Å². The first-order chi connectivity index (χ1) is 16.2. The number of carbonyl (C=O) groups is 2. The van der Waals surface area contributed by atoms with E-state index in [-0.39, 0.29) is 16.9 Å². The standard InChI is InChI=1S/C26H19FN2O4S/c1-13-10-14(2)21-19(11-13)34-26(28-21)29-22(16-4-3-5-18(30)12-16)20(24(32)25(29)33)23(31)15-6-8-17(27)9-7-15/h3-12,22,30-31H,1-2H3/b23-20+. The van der Waals surface area contributed by atoms with Crippen LogP contribution in [0.1, 0.15) is 28.3 Å². The van der Waals surface area contributed by atoms with Crippen molar-refractivity contribution in [3.05, 3.63) is 94.3 Å². The predicted octanol–water partition coefficient (Wildman–Crippen LogP) is 5.38. The number of thiazole rings is 1. The number of aromatic nitrogens is 1. The largest absolute Gasteiger partial charge is 0.508 e. The number of ketones is 1. The maximum absolute atomic E-state index is 13.4. The van der Waals surface area contributed by atoms with Gasteiger partial charge in [-0.1, -0.05) is 29.5 Å². The first-order valence-corrected chi connectivity index (χ1v) is 11.3. The molecule has 3 aromatic carbocycles. The van der Waals surface area contributed by atoms with Crippen LogP contribution in [0.2, 0.25) is 0 Å². The van der Waals surface area contributed by atoms with E-state index >= 15 is 0 Å². The molecule has 1 atom stereocenters. The molecule has 1 fully saturated rings. The minimum atomic E-state index is -1.03. The van der Waals surface area contributed by atoms with Crippen molar-refractivity contribution in [2.24, 2.45) is 0 Å². The molecule has 1 saturated heterocycles. The first kappa shape index (κ1) is 21.8. The Morgan fingerprint density at radius 2 is 1.79 bits per heavy atom. The Balaban J connectivity index is 1.75. The van der Waals surface area contributed by atoms with Crippen LogP contribution in [0.5, 0.6) is 5.75 Å². The maximum atomic E-state index is 13.4. The fraction of sp³-hybridized carbons (Fsp3) is 0.115. The Bertz CT molecular complexity index is 1510. The van der Waals surface area contributed by atoms with Gasteiger partial charge in [-0.05, 0) is 73.0 Å². The second-order valence-corrected chi connectivity index (χ2v) is 9.21. The lowest BCUT2D eigenvalue weighted by atomic mass is 9.95. The fourth-order valence-electron chi connectivity index (χ4n) is 4.27. The quantitative estimate of drug-likeness (QED) is 0.236. The Morgan fingerprint density at radius 1 is 1.06 bits per heavy atom. The van der Waals surface area contributed by atoms with Crippen molar-refractivity contribution in [2.75, 3.05) is 4.90 Å². The molecule has 1 amide bonds. The summed E-state index contributed by atoms with van der Waals surface area (Å²) in [5.41, 5.74) is 3.17. The molecule has 34 heavy (non-hydrogen) atoms. The van der Waals surface area contributed by atoms with Crippen LogP contribution in [0.3, 0.4) is 0 Å². The summed E-state index contributed by atoms with van der Waals surface area (Å²) in [5.74, 6) is -2.71. The van der Waals surface area contributed by atoms with Crippen molar-refractivity contribution in [1.29, 1.82) is 0 Å². The second kappa shape index (κ2) is 8.07. The lowest BCUT2D eigenvalue weighted by Gasteiger charge is -2.23. The van der Waals surface area contributed by atoms with Gasteiger partial charge in [0.15, 0.2) is 5.13 Å². The number of carbonyl (C=O) groups excluding carboxylic acids is 2. The number of nitrogens with zero attached hydrogens (tertiary/aromatic N) is 2. The van der Waals surface area contributed by atoms with Crippen LogP contribution < -0.4 is 4.90 Å². The zero-order chi connectivity index (χ0) is 24.1. The van der Waals surface area contributed by atoms with Gasteiger partial charge < -0.3 is 10.2 Å². The van der Waals surface area contributed by atoms with Gasteiger partial charge in [0.05, 0.1) is 21.8 Å². The topological polar surface area (TPSA) is 90.7 Å². The number of Topliss-reactive ketones (excluding diaryl/α,β-unsaturated/α-hetero) is 1. The number of aromatic hydroxyl groups is 1. The monoisotopic (exact) mass is 474 g/mol. The van der Waals surface area contributed by atoms with Gasteiger partial charge in [0, 0.05) is 5.56 Å². The summed E-state index contributed by atoms with van der Waals surface area (Å²) in [5, 5.41) is 21.5. The lowest BCUT2D eigenvalue weighted by Crippen LogP contribution is -2.29. The Morgan fingerprint density at radius 3 is 2.50 bits per heavy atom. The molecule has 170 valence electrons. The van der Waals surface area contributed by atoms with Crippen LogP contribution in [0.4, 0.5) is 9.52 Å². The number of phenolic OH excluding ortho intramolecular Hbond substituents is 1. The van der Waals surface area contributed by atoms with Crippen LogP contribution in [-0.2, 0) is 9.59 Å². The molecule has 1 aliphatic rings. The van der Waals surface area contributed by atoms with Gasteiger partial charge in [-0.3, -0.25) is 14.5 Å². The number of aryl methyl sites for hydroxylation is 2. The van der Waals surface area contributed by atoms with E-state index in [2.05, 4.69) is 4.98 Å². The van der Waals surface area contributed by atoms with Crippen molar-refractivity contribution >= 4 is 44.1 Å². The van der Waals surface area contributed by atoms with Crippen LogP contribution in [-0.4, -0.2) is 26.9 Å². The molecule has 1 aromatic heterocycles. The number of amides is 1. The van der Waals surface area contributed by atoms with Crippen molar-refractivity contribution in [3.63, 3.8) is 0 Å². The third-order valence-corrected chi connectivity index (χ3v) is 6.77. The average molecular weight is 475 g/mol. The number of fused-ring (bicyclic) bond motifs is 1. The summed E-state index contributed by atoms with van der Waals surface area (Å²) in [4.78, 5) is 32.4. The Hall–Kier alpha value is -4.04. The number of anilines is 1. The van der Waals surface area contributed by atoms with Crippen LogP contribution in [0.25, 0.3) is 16.0 Å². The number of hydrogen-bond acceptors (Lipinski definition) is 6. The number of rotatable bonds is 3. The molecule has 0 saturated carbocycles. The van der Waals surface area contributed by atoms with Gasteiger partial charge in [-0.25, -0.2) is 9.37 Å². The van der Waals surface area contributed by atoms with Crippen LogP contribution in [0.15, 0.2) is 66.2 Å². The molecule has 1 aliphatic heterocycles. The summed E-state index contributed by atoms with van der Waals surface area (Å²) < 4.78 is 14.3. The molecule has 2 N–H and O–H groups in total. The van der Waals surface area contributed by atoms with Crippen molar-refractivity contribution in [1.82, 2.24) is 4.98 Å². The molecule has 1 unspecified atom stereocenters. The summed E-state index contributed by atoms with van der Waals surface area (Å²) in [6.45, 7) is 3.89. The number of phenols is 1. The second-order valence-electron chi connectivity index (χ2n) is 8.20. The minimum Gasteiger partial charge on any atom is -0.508 e. The van der Waals surface area contributed by atoms with Gasteiger partial charge in [0.25, 0.3) is 5.78 Å². The number of aliphatic hydroxyl groups is 1. The van der Waals surface area contributed by atoms with E-state index in [1.165, 1.54) is 40.5 Å². The van der Waals surface area contributed by atoms with E-state index in [0.717, 1.165) is 33.5 Å². The highest BCUT2D eigenvalue weighted by atomic mass is 32.1. The molecule has 0 aliphatic carbocycles. The van der Waals surface area contributed by atoms with Gasteiger partial charge in [0.2, 0.25) is 0 Å². The summed E-state index contributed by atoms with van der Waals surface area (Å²) in [6, 6.07) is 14.1. The normalized spacial score (nSPS) is 17.6. The van der Waals surface area contributed by atoms with Gasteiger partial charge in [-0.2, -0.15) is 0 Å². The van der Waals surface area contributed by atoms with Crippen LogP contribution in [0, 0.1) is 19.7 Å². The highest BCUT2D eigenvalue weighted by Crippen LogP contribution is 2.45. The zero-order valence-corrected chi connectivity index (χ0v) is 19.1. The third-order valence-electron chi connectivity index (χ3n) is 5.77. The number of hydrogen-bond donors (Lipinski definition) is 2. The van der Waals surface area contributed by atoms with Crippen LogP contribution >= 0.6 is 11.3 Å². The van der Waals surface area contributed by atoms with E-state index in [1.54, 1.807) is 12.1 Å². The van der Waals surface area contributed by atoms with Crippen molar-refractivity contribution in [2.45, 2.75) is 19.9 Å². The molecular weight excluding hydrogens is 455 g/mol. The minimum absolute atomic E-state index is 0.0550. The maximum Gasteiger partial charge on any atom is 0.301 e. The lowest BCUT2D eigenvalue weighted by molar-refractivity contribution is -0.132. The molecule has 8 heteroatoms. The third kappa shape index (κ3) is 3.52. The number of aliphatic hydroxyl groups excluding tert-OH is 1. The Kier molecular flexibility index (Phi) is 5.17. The molecular formula is C26H19FN2O4S. The van der Waals surface area contributed by atoms with E-state index in [9.17, 15) is 24.2 Å². The van der Waals surface area contributed by atoms with Crippen molar-refractivity contribution in [3.8, 4) is 5.75 Å². The average Bonchev–Trinajstić information content (AvgIpc) is 3.33. The number of halogens is 1. The molecule has 4 aromatic rings. The summed E-state index contributed by atoms with van der Waals surface area (Å²) >= 11 is 1.27. The Labute approximate surface area is 198 Å². The highest BCUT2D eigenvalue weighted by Gasteiger charge is 2.48. The van der Waals surface area contributed by atoms with Gasteiger partial charge in [-0.15, -0.1) is 0 Å². The zero-order valence-electron chi connectivity index (χ0n) is 18.2. The SMILES string of the molecule is Cc1cc(C)c2nc(N3C(=O)C(=O)/C(=C(/O)c4ccc(F)cc4)C3c3cccc(O)c3)sc2c1. The van der Waals surface area contributed by atoms with Gasteiger partial charge in [0.1, 0.15) is 17.3 Å². The summed E-state index contributed by atoms with van der Waals surface area (Å²) in [6.07, 6.45) is 0. The molecule has 5 rings (SSSR count). The molecule has 2 heterocycles. The molecule has 0 radical (unpaired) electrons. The molecule has 0 bridgehead atoms. The number of benzene rings is 3. The van der Waals surface area contributed by atoms with Gasteiger partial charge >= 0.3 is 5.91 Å². The smallest absolute Gasteiger partial charge is 0.301 e. The molecule has 0 spiro atoms. The molecule has 6 nitrogen and oxygen atoms in total.